The molecular weight excluding hydrogens is 428 g/mol. The molecule has 3 rings (SSSR count). The SMILES string of the molecule is CN(c1ccc(Br)cc1)c1ccc(N(C)c2ccc(Br)cc2)cc1. The van der Waals surface area contributed by atoms with Crippen LogP contribution in [0, 0.1) is 0 Å². The summed E-state index contributed by atoms with van der Waals surface area (Å²) < 4.78 is 2.18. The van der Waals surface area contributed by atoms with Gasteiger partial charge in [0.05, 0.1) is 0 Å². The van der Waals surface area contributed by atoms with Crippen molar-refractivity contribution in [3.8, 4) is 0 Å². The lowest BCUT2D eigenvalue weighted by Gasteiger charge is -2.23. The van der Waals surface area contributed by atoms with Crippen LogP contribution in [0.4, 0.5) is 22.7 Å². The maximum Gasteiger partial charge on any atom is 0.0409 e. The Morgan fingerprint density at radius 1 is 0.458 bits per heavy atom. The van der Waals surface area contributed by atoms with E-state index in [0.29, 0.717) is 0 Å². The van der Waals surface area contributed by atoms with Gasteiger partial charge in [-0.05, 0) is 72.8 Å². The average Bonchev–Trinajstić information content (AvgIpc) is 2.62. The normalized spacial score (nSPS) is 10.5. The first-order valence-corrected chi connectivity index (χ1v) is 9.22. The summed E-state index contributed by atoms with van der Waals surface area (Å²) in [6, 6.07) is 25.2. The molecule has 0 saturated carbocycles. The third-order valence-corrected chi connectivity index (χ3v) is 5.11. The summed E-state index contributed by atoms with van der Waals surface area (Å²) in [5, 5.41) is 0. The fourth-order valence-corrected chi connectivity index (χ4v) is 3.06. The molecule has 0 aliphatic rings. The minimum absolute atomic E-state index is 1.09. The highest BCUT2D eigenvalue weighted by Gasteiger charge is 2.07. The third-order valence-electron chi connectivity index (χ3n) is 4.05. The van der Waals surface area contributed by atoms with Crippen molar-refractivity contribution >= 4 is 54.6 Å². The summed E-state index contributed by atoms with van der Waals surface area (Å²) in [6.45, 7) is 0. The van der Waals surface area contributed by atoms with E-state index in [-0.39, 0.29) is 0 Å². The number of benzene rings is 3. The van der Waals surface area contributed by atoms with Crippen LogP contribution in [0.25, 0.3) is 0 Å². The molecule has 2 nitrogen and oxygen atoms in total. The van der Waals surface area contributed by atoms with Crippen LogP contribution >= 0.6 is 31.9 Å². The zero-order valence-electron chi connectivity index (χ0n) is 13.6. The first-order chi connectivity index (χ1) is 11.5. The molecule has 3 aromatic rings. The molecular formula is C20H18Br2N2. The zero-order valence-corrected chi connectivity index (χ0v) is 16.8. The van der Waals surface area contributed by atoms with Gasteiger partial charge in [0.1, 0.15) is 0 Å². The van der Waals surface area contributed by atoms with Gasteiger partial charge < -0.3 is 9.80 Å². The molecule has 4 heteroatoms. The Morgan fingerprint density at radius 2 is 0.667 bits per heavy atom. The van der Waals surface area contributed by atoms with Crippen molar-refractivity contribution in [2.75, 3.05) is 23.9 Å². The Labute approximate surface area is 160 Å². The Hall–Kier alpha value is -1.78. The molecule has 3 aromatic carbocycles. The zero-order chi connectivity index (χ0) is 17.1. The van der Waals surface area contributed by atoms with Crippen molar-refractivity contribution in [2.45, 2.75) is 0 Å². The first kappa shape index (κ1) is 17.1. The summed E-state index contributed by atoms with van der Waals surface area (Å²) in [5.74, 6) is 0. The van der Waals surface area contributed by atoms with E-state index in [4.69, 9.17) is 0 Å². The minimum Gasteiger partial charge on any atom is -0.345 e. The van der Waals surface area contributed by atoms with Gasteiger partial charge in [-0.1, -0.05) is 31.9 Å². The highest BCUT2D eigenvalue weighted by molar-refractivity contribution is 9.10. The van der Waals surface area contributed by atoms with Gasteiger partial charge in [0, 0.05) is 45.8 Å². The number of rotatable bonds is 4. The maximum atomic E-state index is 3.48. The molecule has 0 aromatic heterocycles. The average molecular weight is 446 g/mol. The van der Waals surface area contributed by atoms with Crippen LogP contribution in [0.3, 0.4) is 0 Å². The lowest BCUT2D eigenvalue weighted by atomic mass is 10.2. The topological polar surface area (TPSA) is 6.48 Å². The lowest BCUT2D eigenvalue weighted by molar-refractivity contribution is 1.18. The summed E-state index contributed by atoms with van der Waals surface area (Å²) in [4.78, 5) is 4.35. The second kappa shape index (κ2) is 7.41. The molecule has 0 aliphatic carbocycles. The summed E-state index contributed by atoms with van der Waals surface area (Å²) in [7, 11) is 4.16. The molecule has 0 unspecified atom stereocenters. The van der Waals surface area contributed by atoms with Gasteiger partial charge >= 0.3 is 0 Å². The first-order valence-electron chi connectivity index (χ1n) is 7.63. The molecule has 0 amide bonds. The van der Waals surface area contributed by atoms with Crippen molar-refractivity contribution < 1.29 is 0 Å². The van der Waals surface area contributed by atoms with Crippen LogP contribution in [0.2, 0.25) is 0 Å². The fraction of sp³-hybridized carbons (Fsp3) is 0.100. The quantitative estimate of drug-likeness (QED) is 0.438. The maximum absolute atomic E-state index is 3.48. The number of nitrogens with zero attached hydrogens (tertiary/aromatic N) is 2. The predicted molar refractivity (Wildman–Crippen MR) is 111 cm³/mol. The summed E-state index contributed by atoms with van der Waals surface area (Å²) in [5.41, 5.74) is 4.63. The summed E-state index contributed by atoms with van der Waals surface area (Å²) in [6.07, 6.45) is 0. The third kappa shape index (κ3) is 3.82. The smallest absolute Gasteiger partial charge is 0.0409 e. The number of hydrogen-bond donors (Lipinski definition) is 0. The number of hydrogen-bond acceptors (Lipinski definition) is 2. The van der Waals surface area contributed by atoms with E-state index in [1.807, 2.05) is 0 Å². The Bertz CT molecular complexity index is 726. The van der Waals surface area contributed by atoms with Gasteiger partial charge in [-0.25, -0.2) is 0 Å². The molecule has 0 N–H and O–H groups in total. The lowest BCUT2D eigenvalue weighted by Crippen LogP contribution is -2.11. The van der Waals surface area contributed by atoms with Crippen LogP contribution in [-0.4, -0.2) is 14.1 Å². The van der Waals surface area contributed by atoms with Crippen molar-refractivity contribution in [3.63, 3.8) is 0 Å². The molecule has 0 radical (unpaired) electrons. The molecule has 0 heterocycles. The van der Waals surface area contributed by atoms with E-state index in [1.165, 1.54) is 0 Å². The van der Waals surface area contributed by atoms with Gasteiger partial charge in [0.15, 0.2) is 0 Å². The number of anilines is 4. The second-order valence-electron chi connectivity index (χ2n) is 5.59. The molecule has 24 heavy (non-hydrogen) atoms. The van der Waals surface area contributed by atoms with Crippen LogP contribution in [0.15, 0.2) is 81.7 Å². The Morgan fingerprint density at radius 3 is 0.917 bits per heavy atom. The Kier molecular flexibility index (Phi) is 5.27. The highest BCUT2D eigenvalue weighted by Crippen LogP contribution is 2.29. The Balaban J connectivity index is 1.79. The summed E-state index contributed by atoms with van der Waals surface area (Å²) >= 11 is 6.95. The van der Waals surface area contributed by atoms with E-state index in [2.05, 4.69) is 129 Å². The van der Waals surface area contributed by atoms with Gasteiger partial charge in [0.25, 0.3) is 0 Å². The minimum atomic E-state index is 1.09. The van der Waals surface area contributed by atoms with Gasteiger partial charge in [-0.2, -0.15) is 0 Å². The van der Waals surface area contributed by atoms with Crippen molar-refractivity contribution in [1.82, 2.24) is 0 Å². The van der Waals surface area contributed by atoms with Crippen molar-refractivity contribution in [1.29, 1.82) is 0 Å². The van der Waals surface area contributed by atoms with Crippen LogP contribution in [-0.2, 0) is 0 Å². The predicted octanol–water partition coefficient (Wildman–Crippen LogP) is 6.75. The number of halogens is 2. The van der Waals surface area contributed by atoms with Gasteiger partial charge in [-0.15, -0.1) is 0 Å². The van der Waals surface area contributed by atoms with E-state index in [9.17, 15) is 0 Å². The molecule has 0 fully saturated rings. The van der Waals surface area contributed by atoms with E-state index >= 15 is 0 Å². The molecule has 0 aliphatic heterocycles. The van der Waals surface area contributed by atoms with E-state index in [1.54, 1.807) is 0 Å². The van der Waals surface area contributed by atoms with Gasteiger partial charge in [0.2, 0.25) is 0 Å². The monoisotopic (exact) mass is 444 g/mol. The highest BCUT2D eigenvalue weighted by atomic mass is 79.9. The van der Waals surface area contributed by atoms with E-state index < -0.39 is 0 Å². The van der Waals surface area contributed by atoms with Gasteiger partial charge in [-0.3, -0.25) is 0 Å². The molecule has 0 bridgehead atoms. The van der Waals surface area contributed by atoms with Crippen LogP contribution in [0.5, 0.6) is 0 Å². The fourth-order valence-electron chi connectivity index (χ4n) is 2.53. The standard InChI is InChI=1S/C20H18Br2N2/c1-23(17-7-3-15(21)4-8-17)19-11-13-20(14-12-19)24(2)18-9-5-16(22)6-10-18/h3-14H,1-2H3. The second-order valence-corrected chi connectivity index (χ2v) is 7.42. The van der Waals surface area contributed by atoms with Crippen LogP contribution in [0.1, 0.15) is 0 Å². The van der Waals surface area contributed by atoms with Crippen molar-refractivity contribution in [2.24, 2.45) is 0 Å². The largest absolute Gasteiger partial charge is 0.345 e. The van der Waals surface area contributed by atoms with E-state index in [0.717, 1.165) is 31.7 Å². The molecule has 122 valence electrons. The molecule has 0 saturated heterocycles. The molecule has 0 spiro atoms. The molecule has 0 atom stereocenters. The van der Waals surface area contributed by atoms with Crippen molar-refractivity contribution in [3.05, 3.63) is 81.7 Å². The van der Waals surface area contributed by atoms with Crippen LogP contribution < -0.4 is 9.80 Å².